The maximum atomic E-state index is 6.11. The lowest BCUT2D eigenvalue weighted by atomic mass is 10.2. The zero-order chi connectivity index (χ0) is 23.0. The molecule has 0 aliphatic heterocycles. The van der Waals surface area contributed by atoms with Crippen LogP contribution in [0, 0.1) is 0 Å². The van der Waals surface area contributed by atoms with Crippen molar-refractivity contribution in [3.05, 3.63) is 71.2 Å². The van der Waals surface area contributed by atoms with Gasteiger partial charge in [-0.05, 0) is 36.4 Å². The predicted octanol–water partition coefficient (Wildman–Crippen LogP) is 5.87. The van der Waals surface area contributed by atoms with Crippen molar-refractivity contribution in [2.24, 2.45) is 5.10 Å². The molecule has 1 N–H and O–H groups in total. The number of hydrazone groups is 1. The molecule has 0 atom stereocenters. The number of nitrogens with one attached hydrogen (secondary N) is 1. The molecule has 0 unspecified atom stereocenters. The largest absolute Gasteiger partial charge is 0.493 e. The Bertz CT molecular complexity index is 1200. The van der Waals surface area contributed by atoms with Crippen molar-refractivity contribution in [1.29, 1.82) is 0 Å². The number of benzene rings is 3. The van der Waals surface area contributed by atoms with Crippen LogP contribution in [0.2, 0.25) is 5.02 Å². The number of rotatable bonds is 10. The van der Waals surface area contributed by atoms with E-state index in [0.717, 1.165) is 15.8 Å². The van der Waals surface area contributed by atoms with Gasteiger partial charge in [0.15, 0.2) is 11.5 Å². The van der Waals surface area contributed by atoms with Crippen molar-refractivity contribution in [2.45, 2.75) is 0 Å². The van der Waals surface area contributed by atoms with Gasteiger partial charge in [-0.2, -0.15) is 5.10 Å². The van der Waals surface area contributed by atoms with E-state index in [9.17, 15) is 0 Å². The lowest BCUT2D eigenvalue weighted by Gasteiger charge is -2.15. The summed E-state index contributed by atoms with van der Waals surface area (Å²) in [5.74, 6) is 2.13. The Balaban J connectivity index is 1.41. The molecule has 0 fully saturated rings. The molecule has 0 aliphatic rings. The molecule has 0 spiro atoms. The van der Waals surface area contributed by atoms with Gasteiger partial charge in [-0.3, -0.25) is 5.43 Å². The second-order valence-corrected chi connectivity index (χ2v) is 8.18. The molecule has 170 valence electrons. The van der Waals surface area contributed by atoms with E-state index in [0.29, 0.717) is 39.8 Å². The molecular formula is C24H22ClN3O4S. The second-order valence-electron chi connectivity index (χ2n) is 6.74. The summed E-state index contributed by atoms with van der Waals surface area (Å²) in [7, 11) is 3.14. The van der Waals surface area contributed by atoms with Gasteiger partial charge < -0.3 is 18.9 Å². The van der Waals surface area contributed by atoms with Gasteiger partial charge in [0.25, 0.3) is 0 Å². The minimum Gasteiger partial charge on any atom is -0.493 e. The first-order valence-electron chi connectivity index (χ1n) is 10.1. The number of nitrogens with zero attached hydrogens (tertiary/aromatic N) is 2. The minimum atomic E-state index is 0.282. The molecule has 7 nitrogen and oxygen atoms in total. The minimum absolute atomic E-state index is 0.282. The summed E-state index contributed by atoms with van der Waals surface area (Å²) < 4.78 is 23.7. The summed E-state index contributed by atoms with van der Waals surface area (Å²) >= 11 is 7.64. The van der Waals surface area contributed by atoms with Gasteiger partial charge in [-0.1, -0.05) is 47.2 Å². The van der Waals surface area contributed by atoms with Crippen LogP contribution >= 0.6 is 22.9 Å². The number of fused-ring (bicyclic) bond motifs is 1. The van der Waals surface area contributed by atoms with Crippen LogP contribution in [-0.2, 0) is 0 Å². The topological polar surface area (TPSA) is 74.2 Å². The molecule has 0 radical (unpaired) electrons. The first-order chi connectivity index (χ1) is 16.2. The molecule has 4 rings (SSSR count). The number of anilines is 1. The van der Waals surface area contributed by atoms with E-state index < -0.39 is 0 Å². The number of aromatic nitrogens is 1. The summed E-state index contributed by atoms with van der Waals surface area (Å²) in [5, 5.41) is 5.56. The van der Waals surface area contributed by atoms with Gasteiger partial charge in [0.2, 0.25) is 10.9 Å². The molecule has 1 aromatic heterocycles. The van der Waals surface area contributed by atoms with Gasteiger partial charge in [0.1, 0.15) is 19.0 Å². The predicted molar refractivity (Wildman–Crippen MR) is 133 cm³/mol. The molecule has 0 saturated carbocycles. The molecule has 0 aliphatic carbocycles. The highest BCUT2D eigenvalue weighted by Crippen LogP contribution is 2.38. The van der Waals surface area contributed by atoms with Crippen molar-refractivity contribution < 1.29 is 18.9 Å². The Morgan fingerprint density at radius 3 is 2.36 bits per heavy atom. The third-order valence-electron chi connectivity index (χ3n) is 4.57. The van der Waals surface area contributed by atoms with Gasteiger partial charge in [0.05, 0.1) is 35.7 Å². The van der Waals surface area contributed by atoms with Crippen molar-refractivity contribution >= 4 is 44.5 Å². The number of thiazole rings is 1. The molecule has 0 saturated heterocycles. The average Bonchev–Trinajstić information content (AvgIpc) is 3.25. The standard InChI is InChI=1S/C24H22ClN3O4S/c1-29-20-13-16(15-26-28-24-27-18-8-4-6-10-22(18)33-24)14-21(30-2)23(20)32-12-11-31-19-9-5-3-7-17(19)25/h3-10,13-15H,11-12H2,1-2H3,(H,27,28)/b26-15-. The normalized spacial score (nSPS) is 11.0. The molecule has 1 heterocycles. The Morgan fingerprint density at radius 1 is 0.939 bits per heavy atom. The Morgan fingerprint density at radius 2 is 1.64 bits per heavy atom. The summed E-state index contributed by atoms with van der Waals surface area (Å²) in [6.07, 6.45) is 1.67. The van der Waals surface area contributed by atoms with E-state index in [-0.39, 0.29) is 6.61 Å². The third-order valence-corrected chi connectivity index (χ3v) is 5.83. The van der Waals surface area contributed by atoms with Gasteiger partial charge in [-0.15, -0.1) is 0 Å². The molecule has 9 heteroatoms. The highest BCUT2D eigenvalue weighted by Gasteiger charge is 2.14. The Hall–Kier alpha value is -3.49. The summed E-state index contributed by atoms with van der Waals surface area (Å²) in [6, 6.07) is 18.9. The van der Waals surface area contributed by atoms with Crippen LogP contribution in [0.3, 0.4) is 0 Å². The third kappa shape index (κ3) is 5.66. The number of hydrogen-bond donors (Lipinski definition) is 1. The second kappa shape index (κ2) is 10.9. The quantitative estimate of drug-likeness (QED) is 0.173. The van der Waals surface area contributed by atoms with E-state index in [2.05, 4.69) is 15.5 Å². The van der Waals surface area contributed by atoms with E-state index in [1.807, 2.05) is 48.5 Å². The van der Waals surface area contributed by atoms with Crippen molar-refractivity contribution in [1.82, 2.24) is 4.98 Å². The maximum absolute atomic E-state index is 6.11. The number of ether oxygens (including phenoxy) is 4. The van der Waals surface area contributed by atoms with E-state index >= 15 is 0 Å². The van der Waals surface area contributed by atoms with Crippen LogP contribution in [0.25, 0.3) is 10.2 Å². The van der Waals surface area contributed by atoms with Crippen molar-refractivity contribution in [3.63, 3.8) is 0 Å². The lowest BCUT2D eigenvalue weighted by molar-refractivity contribution is 0.205. The molecule has 33 heavy (non-hydrogen) atoms. The highest BCUT2D eigenvalue weighted by molar-refractivity contribution is 7.22. The Kier molecular flexibility index (Phi) is 7.49. The van der Waals surface area contributed by atoms with Gasteiger partial charge in [-0.25, -0.2) is 4.98 Å². The first-order valence-corrected chi connectivity index (χ1v) is 11.3. The lowest BCUT2D eigenvalue weighted by Crippen LogP contribution is -2.10. The molecule has 0 amide bonds. The fourth-order valence-electron chi connectivity index (χ4n) is 3.06. The van der Waals surface area contributed by atoms with Crippen LogP contribution in [0.15, 0.2) is 65.8 Å². The Labute approximate surface area is 200 Å². The number of halogens is 1. The van der Waals surface area contributed by atoms with Crippen LogP contribution in [0.5, 0.6) is 23.0 Å². The monoisotopic (exact) mass is 483 g/mol. The van der Waals surface area contributed by atoms with E-state index in [1.165, 1.54) is 11.3 Å². The van der Waals surface area contributed by atoms with Crippen LogP contribution in [0.4, 0.5) is 5.13 Å². The smallest absolute Gasteiger partial charge is 0.204 e. The zero-order valence-corrected chi connectivity index (χ0v) is 19.7. The molecule has 4 aromatic rings. The SMILES string of the molecule is COc1cc(/C=N\Nc2nc3ccccc3s2)cc(OC)c1OCCOc1ccccc1Cl. The molecular weight excluding hydrogens is 462 g/mol. The van der Waals surface area contributed by atoms with Crippen molar-refractivity contribution in [3.8, 4) is 23.0 Å². The maximum Gasteiger partial charge on any atom is 0.204 e. The zero-order valence-electron chi connectivity index (χ0n) is 18.1. The van der Waals surface area contributed by atoms with E-state index in [4.69, 9.17) is 30.5 Å². The highest BCUT2D eigenvalue weighted by atomic mass is 35.5. The fraction of sp³-hybridized carbons (Fsp3) is 0.167. The number of para-hydroxylation sites is 2. The first kappa shape index (κ1) is 22.7. The fourth-order valence-corrected chi connectivity index (χ4v) is 4.06. The number of hydrogen-bond acceptors (Lipinski definition) is 8. The average molecular weight is 484 g/mol. The van der Waals surface area contributed by atoms with Gasteiger partial charge >= 0.3 is 0 Å². The van der Waals surface area contributed by atoms with Crippen LogP contribution in [-0.4, -0.2) is 38.6 Å². The number of methoxy groups -OCH3 is 2. The summed E-state index contributed by atoms with van der Waals surface area (Å²) in [4.78, 5) is 4.50. The van der Waals surface area contributed by atoms with Crippen molar-refractivity contribution in [2.75, 3.05) is 32.9 Å². The molecule has 3 aromatic carbocycles. The van der Waals surface area contributed by atoms with Gasteiger partial charge in [0, 0.05) is 5.56 Å². The van der Waals surface area contributed by atoms with Crippen LogP contribution in [0.1, 0.15) is 5.56 Å². The summed E-state index contributed by atoms with van der Waals surface area (Å²) in [6.45, 7) is 0.593. The molecule has 0 bridgehead atoms. The summed E-state index contributed by atoms with van der Waals surface area (Å²) in [5.41, 5.74) is 4.68. The van der Waals surface area contributed by atoms with Crippen LogP contribution < -0.4 is 24.4 Å². The van der Waals surface area contributed by atoms with E-state index in [1.54, 1.807) is 32.6 Å².